The summed E-state index contributed by atoms with van der Waals surface area (Å²) in [7, 11) is 0. The van der Waals surface area contributed by atoms with Gasteiger partial charge in [-0.05, 0) is 45.7 Å². The SMILES string of the molecule is CC(C)N(Cc1csc(C(C)(C)C)n1)CC1CCCNC1. The molecule has 0 spiro atoms. The van der Waals surface area contributed by atoms with E-state index in [1.54, 1.807) is 11.3 Å². The Bertz CT molecular complexity index is 427. The molecule has 0 aromatic carbocycles. The fraction of sp³-hybridized carbons (Fsp3) is 0.824. The lowest BCUT2D eigenvalue weighted by atomic mass is 9.98. The van der Waals surface area contributed by atoms with E-state index in [0.717, 1.165) is 12.5 Å². The summed E-state index contributed by atoms with van der Waals surface area (Å²) in [4.78, 5) is 7.44. The molecule has 1 atom stereocenters. The average molecular weight is 310 g/mol. The average Bonchev–Trinajstić information content (AvgIpc) is 2.87. The van der Waals surface area contributed by atoms with Crippen LogP contribution in [0.1, 0.15) is 58.2 Å². The van der Waals surface area contributed by atoms with Gasteiger partial charge in [-0.3, -0.25) is 4.90 Å². The predicted molar refractivity (Wildman–Crippen MR) is 92.0 cm³/mol. The summed E-state index contributed by atoms with van der Waals surface area (Å²) in [6.45, 7) is 15.9. The number of piperidine rings is 1. The van der Waals surface area contributed by atoms with Crippen LogP contribution in [0, 0.1) is 5.92 Å². The molecule has 0 radical (unpaired) electrons. The van der Waals surface area contributed by atoms with Crippen molar-refractivity contribution in [3.63, 3.8) is 0 Å². The molecule has 0 saturated carbocycles. The zero-order valence-electron chi connectivity index (χ0n) is 14.3. The van der Waals surface area contributed by atoms with Crippen LogP contribution in [0.25, 0.3) is 0 Å². The van der Waals surface area contributed by atoms with E-state index in [1.165, 1.54) is 43.2 Å². The zero-order valence-corrected chi connectivity index (χ0v) is 15.1. The van der Waals surface area contributed by atoms with E-state index in [4.69, 9.17) is 4.98 Å². The van der Waals surface area contributed by atoms with E-state index in [-0.39, 0.29) is 5.41 Å². The first kappa shape index (κ1) is 16.9. The van der Waals surface area contributed by atoms with Crippen molar-refractivity contribution in [2.24, 2.45) is 5.92 Å². The number of nitrogens with zero attached hydrogens (tertiary/aromatic N) is 2. The van der Waals surface area contributed by atoms with Crippen molar-refractivity contribution >= 4 is 11.3 Å². The standard InChI is InChI=1S/C17H31N3S/c1-13(2)20(10-14-7-6-8-18-9-14)11-15-12-21-16(19-15)17(3,4)5/h12-14,18H,6-11H2,1-5H3. The summed E-state index contributed by atoms with van der Waals surface area (Å²) in [6.07, 6.45) is 2.68. The molecular formula is C17H31N3S. The van der Waals surface area contributed by atoms with E-state index >= 15 is 0 Å². The van der Waals surface area contributed by atoms with Gasteiger partial charge < -0.3 is 5.32 Å². The number of rotatable bonds is 5. The third-order valence-corrected chi connectivity index (χ3v) is 5.50. The minimum atomic E-state index is 0.166. The summed E-state index contributed by atoms with van der Waals surface area (Å²) in [6, 6.07) is 0.576. The van der Waals surface area contributed by atoms with Crippen LogP contribution in [-0.2, 0) is 12.0 Å². The van der Waals surface area contributed by atoms with Gasteiger partial charge in [-0.2, -0.15) is 0 Å². The zero-order chi connectivity index (χ0) is 15.5. The fourth-order valence-electron chi connectivity index (χ4n) is 2.80. The third kappa shape index (κ3) is 5.04. The van der Waals surface area contributed by atoms with Gasteiger partial charge in [0.15, 0.2) is 0 Å². The van der Waals surface area contributed by atoms with Crippen LogP contribution in [0.15, 0.2) is 5.38 Å². The van der Waals surface area contributed by atoms with E-state index in [2.05, 4.69) is 50.2 Å². The molecule has 0 amide bonds. The van der Waals surface area contributed by atoms with Gasteiger partial charge >= 0.3 is 0 Å². The molecule has 1 fully saturated rings. The maximum atomic E-state index is 4.86. The van der Waals surface area contributed by atoms with Crippen LogP contribution in [0.4, 0.5) is 0 Å². The smallest absolute Gasteiger partial charge is 0.0982 e. The lowest BCUT2D eigenvalue weighted by Gasteiger charge is -2.32. The lowest BCUT2D eigenvalue weighted by Crippen LogP contribution is -2.40. The van der Waals surface area contributed by atoms with Crippen molar-refractivity contribution in [1.29, 1.82) is 0 Å². The second-order valence-electron chi connectivity index (χ2n) is 7.63. The minimum absolute atomic E-state index is 0.166. The quantitative estimate of drug-likeness (QED) is 0.900. The van der Waals surface area contributed by atoms with Crippen LogP contribution in [-0.4, -0.2) is 35.6 Å². The molecule has 1 aliphatic rings. The Balaban J connectivity index is 1.97. The first-order valence-electron chi connectivity index (χ1n) is 8.26. The van der Waals surface area contributed by atoms with Gasteiger partial charge in [0.05, 0.1) is 10.7 Å². The van der Waals surface area contributed by atoms with Crippen molar-refractivity contribution in [1.82, 2.24) is 15.2 Å². The van der Waals surface area contributed by atoms with Crippen LogP contribution < -0.4 is 5.32 Å². The topological polar surface area (TPSA) is 28.2 Å². The molecule has 1 aliphatic heterocycles. The van der Waals surface area contributed by atoms with Crippen LogP contribution in [0.3, 0.4) is 0 Å². The Hall–Kier alpha value is -0.450. The Kier molecular flexibility index (Phi) is 5.81. The molecule has 1 N–H and O–H groups in total. The maximum absolute atomic E-state index is 4.86. The molecule has 2 heterocycles. The molecule has 1 aromatic rings. The predicted octanol–water partition coefficient (Wildman–Crippen LogP) is 3.65. The Morgan fingerprint density at radius 2 is 2.19 bits per heavy atom. The first-order chi connectivity index (χ1) is 9.86. The maximum Gasteiger partial charge on any atom is 0.0982 e. The highest BCUT2D eigenvalue weighted by atomic mass is 32.1. The van der Waals surface area contributed by atoms with E-state index in [9.17, 15) is 0 Å². The number of hydrogen-bond donors (Lipinski definition) is 1. The highest BCUT2D eigenvalue weighted by molar-refractivity contribution is 7.09. The number of thiazole rings is 1. The van der Waals surface area contributed by atoms with Gasteiger partial charge in [0.1, 0.15) is 0 Å². The van der Waals surface area contributed by atoms with Crippen molar-refractivity contribution < 1.29 is 0 Å². The number of nitrogens with one attached hydrogen (secondary N) is 1. The van der Waals surface area contributed by atoms with Crippen molar-refractivity contribution in [3.8, 4) is 0 Å². The molecule has 1 saturated heterocycles. The van der Waals surface area contributed by atoms with Crippen LogP contribution in [0.5, 0.6) is 0 Å². The summed E-state index contributed by atoms with van der Waals surface area (Å²) >= 11 is 1.81. The second kappa shape index (κ2) is 7.21. The van der Waals surface area contributed by atoms with Gasteiger partial charge in [-0.1, -0.05) is 20.8 Å². The highest BCUT2D eigenvalue weighted by Gasteiger charge is 2.22. The Morgan fingerprint density at radius 1 is 1.43 bits per heavy atom. The summed E-state index contributed by atoms with van der Waals surface area (Å²) < 4.78 is 0. The molecular weight excluding hydrogens is 278 g/mol. The summed E-state index contributed by atoms with van der Waals surface area (Å²) in [5.74, 6) is 0.793. The van der Waals surface area contributed by atoms with E-state index in [0.29, 0.717) is 6.04 Å². The van der Waals surface area contributed by atoms with Gasteiger partial charge in [-0.25, -0.2) is 4.98 Å². The Morgan fingerprint density at radius 3 is 2.71 bits per heavy atom. The first-order valence-corrected chi connectivity index (χ1v) is 9.14. The van der Waals surface area contributed by atoms with E-state index in [1.807, 2.05) is 0 Å². The minimum Gasteiger partial charge on any atom is -0.316 e. The molecule has 3 nitrogen and oxygen atoms in total. The largest absolute Gasteiger partial charge is 0.316 e. The fourth-order valence-corrected chi connectivity index (χ4v) is 3.70. The molecule has 120 valence electrons. The van der Waals surface area contributed by atoms with Crippen molar-refractivity contribution in [3.05, 3.63) is 16.1 Å². The highest BCUT2D eigenvalue weighted by Crippen LogP contribution is 2.26. The second-order valence-corrected chi connectivity index (χ2v) is 8.49. The molecule has 21 heavy (non-hydrogen) atoms. The lowest BCUT2D eigenvalue weighted by molar-refractivity contribution is 0.162. The summed E-state index contributed by atoms with van der Waals surface area (Å²) in [5.41, 5.74) is 1.40. The van der Waals surface area contributed by atoms with Gasteiger partial charge in [0.2, 0.25) is 0 Å². The van der Waals surface area contributed by atoms with Crippen LogP contribution >= 0.6 is 11.3 Å². The van der Waals surface area contributed by atoms with Gasteiger partial charge in [0, 0.05) is 29.9 Å². The molecule has 2 rings (SSSR count). The monoisotopic (exact) mass is 309 g/mol. The van der Waals surface area contributed by atoms with Crippen molar-refractivity contribution in [2.75, 3.05) is 19.6 Å². The van der Waals surface area contributed by atoms with E-state index < -0.39 is 0 Å². The molecule has 4 heteroatoms. The molecule has 1 aromatic heterocycles. The van der Waals surface area contributed by atoms with Crippen molar-refractivity contribution in [2.45, 2.75) is 65.5 Å². The number of aromatic nitrogens is 1. The molecule has 1 unspecified atom stereocenters. The Labute approximate surface area is 134 Å². The molecule has 0 bridgehead atoms. The normalized spacial score (nSPS) is 20.4. The van der Waals surface area contributed by atoms with Gasteiger partial charge in [0.25, 0.3) is 0 Å². The number of hydrogen-bond acceptors (Lipinski definition) is 4. The summed E-state index contributed by atoms with van der Waals surface area (Å²) in [5, 5.41) is 7.02. The van der Waals surface area contributed by atoms with Crippen LogP contribution in [0.2, 0.25) is 0 Å². The van der Waals surface area contributed by atoms with Gasteiger partial charge in [-0.15, -0.1) is 11.3 Å². The molecule has 0 aliphatic carbocycles. The third-order valence-electron chi connectivity index (χ3n) is 4.18.